The normalized spacial score (nSPS) is 12.4. The van der Waals surface area contributed by atoms with Gasteiger partial charge in [-0.3, -0.25) is 0 Å². The summed E-state index contributed by atoms with van der Waals surface area (Å²) in [6, 6.07) is 140. The van der Waals surface area contributed by atoms with Crippen LogP contribution in [0.1, 0.15) is 0 Å². The Morgan fingerprint density at radius 2 is 0.455 bits per heavy atom. The van der Waals surface area contributed by atoms with Crippen molar-refractivity contribution in [3.63, 3.8) is 0 Å². The molecule has 0 unspecified atom stereocenters. The van der Waals surface area contributed by atoms with Gasteiger partial charge in [-0.15, -0.1) is 34.0 Å². The molecule has 0 atom stereocenters. The van der Waals surface area contributed by atoms with Crippen LogP contribution in [-0.2, 0) is 0 Å². The van der Waals surface area contributed by atoms with Gasteiger partial charge < -0.3 is 26.9 Å². The van der Waals surface area contributed by atoms with Crippen LogP contribution >= 0.6 is 34.0 Å². The molecule has 0 fully saturated rings. The lowest BCUT2D eigenvalue weighted by molar-refractivity contribution is 1.18. The van der Waals surface area contributed by atoms with Gasteiger partial charge in [-0.05, 0) is 119 Å². The first-order valence-electron chi connectivity index (χ1n) is 42.1. The van der Waals surface area contributed by atoms with Crippen LogP contribution in [0.2, 0.25) is 0 Å². The van der Waals surface area contributed by atoms with E-state index in [0.717, 1.165) is 0 Å². The number of hydrogen-bond acceptors (Lipinski definition) is 3. The van der Waals surface area contributed by atoms with Crippen LogP contribution in [-0.4, -0.2) is 26.9 Å². The molecule has 0 bridgehead atoms. The van der Waals surface area contributed by atoms with Gasteiger partial charge in [0.1, 0.15) is 0 Å². The molecule has 0 saturated heterocycles. The third kappa shape index (κ3) is 9.44. The first kappa shape index (κ1) is 67.5. The summed E-state index contributed by atoms with van der Waals surface area (Å²) in [6.45, 7) is 0. The molecule has 0 radical (unpaired) electrons. The smallest absolute Gasteiger partial charge is 0.0714 e. The molecule has 0 aliphatic carbocycles. The number of aromatic nitrogens is 6. The van der Waals surface area contributed by atoms with Crippen LogP contribution in [0, 0.1) is 0 Å². The summed E-state index contributed by atoms with van der Waals surface area (Å²) < 4.78 is 22.8. The van der Waals surface area contributed by atoms with E-state index in [4.69, 9.17) is 0 Å². The van der Waals surface area contributed by atoms with Crippen molar-refractivity contribution >= 4 is 274 Å². The molecule has 0 spiro atoms. The molecule has 12 aromatic heterocycles. The summed E-state index contributed by atoms with van der Waals surface area (Å²) >= 11 is 5.72. The Kier molecular flexibility index (Phi) is 14.1. The zero-order valence-electron chi connectivity index (χ0n) is 66.0. The summed E-state index contributed by atoms with van der Waals surface area (Å²) in [4.78, 5) is 0. The molecule has 0 aliphatic heterocycles. The zero-order valence-corrected chi connectivity index (χ0v) is 68.5. The number of hydrogen-bond donors (Lipinski definition) is 0. The molecule has 6 nitrogen and oxygen atoms in total. The number of benzene rings is 18. The van der Waals surface area contributed by atoms with Gasteiger partial charge in [0.25, 0.3) is 0 Å². The third-order valence-electron chi connectivity index (χ3n) is 26.6. The monoisotopic (exact) mass is 1610 g/mol. The second kappa shape index (κ2) is 25.6. The van der Waals surface area contributed by atoms with E-state index in [0.29, 0.717) is 0 Å². The number of fused-ring (bicyclic) bond motifs is 46. The predicted molar refractivity (Wildman–Crippen MR) is 531 cm³/mol. The Bertz CT molecular complexity index is 9690. The second-order valence-electron chi connectivity index (χ2n) is 32.9. The van der Waals surface area contributed by atoms with E-state index in [-0.39, 0.29) is 0 Å². The maximum Gasteiger partial charge on any atom is 0.0714 e. The van der Waals surface area contributed by atoms with Crippen LogP contribution in [0.5, 0.6) is 0 Å². The average Bonchev–Trinajstić information content (AvgIpc) is 1.55. The van der Waals surface area contributed by atoms with Crippen LogP contribution in [0.25, 0.3) is 257 Å². The fourth-order valence-electron chi connectivity index (χ4n) is 21.5. The van der Waals surface area contributed by atoms with Gasteiger partial charge in [0.2, 0.25) is 0 Å². The highest BCUT2D eigenvalue weighted by atomic mass is 32.1. The lowest BCUT2D eigenvalue weighted by Crippen LogP contribution is -1.94. The Morgan fingerprint density at radius 3 is 0.902 bits per heavy atom. The first-order chi connectivity index (χ1) is 61.1. The van der Waals surface area contributed by atoms with Gasteiger partial charge in [-0.1, -0.05) is 279 Å². The van der Waals surface area contributed by atoms with Crippen molar-refractivity contribution in [1.29, 1.82) is 0 Å². The molecular weight excluding hydrogens is 1550 g/mol. The number of nitrogens with zero attached hydrogens (tertiary/aromatic N) is 6. The highest BCUT2D eigenvalue weighted by Crippen LogP contribution is 2.51. The molecule has 0 saturated carbocycles. The van der Waals surface area contributed by atoms with E-state index >= 15 is 0 Å². The van der Waals surface area contributed by atoms with Gasteiger partial charge in [-0.25, -0.2) is 0 Å². The fourth-order valence-corrected chi connectivity index (χ4v) is 25.2. The van der Waals surface area contributed by atoms with Crippen molar-refractivity contribution in [2.75, 3.05) is 0 Å². The van der Waals surface area contributed by atoms with Crippen LogP contribution < -0.4 is 0 Å². The van der Waals surface area contributed by atoms with Crippen LogP contribution in [0.3, 0.4) is 0 Å². The Labute approximate surface area is 713 Å². The van der Waals surface area contributed by atoms with E-state index in [1.54, 1.807) is 0 Å². The lowest BCUT2D eigenvalue weighted by Gasteiger charge is -2.13. The van der Waals surface area contributed by atoms with E-state index < -0.39 is 0 Å². The van der Waals surface area contributed by atoms with Crippen molar-refractivity contribution < 1.29 is 0 Å². The second-order valence-corrected chi connectivity index (χ2v) is 36.0. The van der Waals surface area contributed by atoms with Gasteiger partial charge in [0.15, 0.2) is 0 Å². The SMILES string of the molecule is c1ccc(-n2c3ccccc3c3c4c(ccc32)c2ccc3c5ccccc5sc3c2n2cc3ccccc3c42)cc1.c1ccc(-n2c3ccccc3c3cc4c(cc32)c2c3ccccc3cn2c2c4ccc3c4ccccc4sc32)cc1.c1ccc(-n2c3ccccc3c3cc4c(cc32)c2ccc3c5ccccc5sc3c2n2cc3ccccc3c42)cc1. The minimum absolute atomic E-state index is 1.18. The van der Waals surface area contributed by atoms with Crippen molar-refractivity contribution in [2.45, 2.75) is 0 Å². The largest absolute Gasteiger partial charge is 0.313 e. The molecule has 12 heterocycles. The number of rotatable bonds is 3. The quantitative estimate of drug-likeness (QED) is 0.158. The number of para-hydroxylation sites is 6. The maximum absolute atomic E-state index is 2.49. The molecule has 9 heteroatoms. The van der Waals surface area contributed by atoms with Gasteiger partial charge >= 0.3 is 0 Å². The summed E-state index contributed by atoms with van der Waals surface area (Å²) in [7, 11) is 0. The Hall–Kier alpha value is -15.4. The maximum atomic E-state index is 2.49. The zero-order chi connectivity index (χ0) is 80.0. The standard InChI is InChI=1S/3C38H22N2S/c1-2-11-24(12-3-1)40-31-16-8-6-15-30(31)34-32(40)21-20-27-28-18-19-29-26-14-7-9-17-33(26)41-38(29)37(28)39-22-23-10-4-5-13-25(23)36(39)35(27)34;1-2-11-24(12-3-1)40-33-16-8-6-14-26(33)31-20-32-30(21-34(31)40)28-18-19-29-27-15-7-9-17-35(27)41-38(29)37(28)39-22-23-10-4-5-13-25(23)36(32)39;1-2-11-24(12-3-1)40-33-16-8-6-14-26(33)31-20-30-28-18-19-29-27-15-7-9-17-35(27)41-38(29)37(28)39-22-23-10-4-5-13-25(23)36(39)32(30)21-34(31)40/h3*1-22H. The third-order valence-corrected chi connectivity index (χ3v) is 30.2. The highest BCUT2D eigenvalue weighted by Gasteiger charge is 2.27. The number of thiophene rings is 3. The average molecular weight is 1620 g/mol. The van der Waals surface area contributed by atoms with E-state index in [1.807, 2.05) is 34.0 Å². The van der Waals surface area contributed by atoms with Crippen molar-refractivity contribution in [3.8, 4) is 17.1 Å². The van der Waals surface area contributed by atoms with E-state index in [9.17, 15) is 0 Å². The van der Waals surface area contributed by atoms with Gasteiger partial charge in [-0.2, -0.15) is 0 Å². The van der Waals surface area contributed by atoms with Crippen LogP contribution in [0.4, 0.5) is 0 Å². The molecule has 0 aliphatic rings. The van der Waals surface area contributed by atoms with Crippen LogP contribution in [0.15, 0.2) is 401 Å². The Balaban J connectivity index is 0.0000000946. The van der Waals surface area contributed by atoms with Crippen molar-refractivity contribution in [2.24, 2.45) is 0 Å². The molecule has 18 aromatic carbocycles. The molecule has 0 N–H and O–H groups in total. The van der Waals surface area contributed by atoms with E-state index in [1.165, 1.54) is 257 Å². The molecule has 30 aromatic rings. The molecule has 30 rings (SSSR count). The predicted octanol–water partition coefficient (Wildman–Crippen LogP) is 32.6. The molecular formula is C114H66N6S3. The topological polar surface area (TPSA) is 28.0 Å². The van der Waals surface area contributed by atoms with Crippen molar-refractivity contribution in [3.05, 3.63) is 401 Å². The minimum atomic E-state index is 1.18. The summed E-state index contributed by atoms with van der Waals surface area (Å²) in [5.41, 5.74) is 18.7. The summed E-state index contributed by atoms with van der Waals surface area (Å²) in [6.07, 6.45) is 7.03. The minimum Gasteiger partial charge on any atom is -0.313 e. The Morgan fingerprint density at radius 1 is 0.154 bits per heavy atom. The summed E-state index contributed by atoms with van der Waals surface area (Å²) in [5.74, 6) is 0. The van der Waals surface area contributed by atoms with Gasteiger partial charge in [0.05, 0.1) is 80.3 Å². The molecule has 570 valence electrons. The summed E-state index contributed by atoms with van der Waals surface area (Å²) in [5, 5.41) is 35.1. The fraction of sp³-hybridized carbons (Fsp3) is 0. The molecule has 0 amide bonds. The highest BCUT2D eigenvalue weighted by molar-refractivity contribution is 7.27. The lowest BCUT2D eigenvalue weighted by atomic mass is 9.98. The first-order valence-corrected chi connectivity index (χ1v) is 44.5. The number of pyridine rings is 3. The van der Waals surface area contributed by atoms with Crippen molar-refractivity contribution in [1.82, 2.24) is 26.9 Å². The molecule has 123 heavy (non-hydrogen) atoms. The van der Waals surface area contributed by atoms with E-state index in [2.05, 4.69) is 428 Å². The van der Waals surface area contributed by atoms with Gasteiger partial charge in [0, 0.05) is 179 Å².